The molecule has 0 spiro atoms. The molecule has 0 radical (unpaired) electrons. The summed E-state index contributed by atoms with van der Waals surface area (Å²) in [6, 6.07) is -1.62. The molecule has 0 aromatic carbocycles. The van der Waals surface area contributed by atoms with Crippen molar-refractivity contribution in [3.63, 3.8) is 0 Å². The highest BCUT2D eigenvalue weighted by Crippen LogP contribution is 2.44. The minimum atomic E-state index is -4.96. The molecule has 0 heterocycles. The summed E-state index contributed by atoms with van der Waals surface area (Å²) >= 11 is 0. The van der Waals surface area contributed by atoms with Crippen LogP contribution in [-0.2, 0) is 9.36 Å². The van der Waals surface area contributed by atoms with E-state index in [1.807, 2.05) is 13.8 Å². The van der Waals surface area contributed by atoms with Crippen LogP contribution in [0.2, 0.25) is 0 Å². The smallest absolute Gasteiger partial charge is 0.222 e. The molecule has 0 aromatic rings. The van der Waals surface area contributed by atoms with Gasteiger partial charge in [0.15, 0.2) is 0 Å². The maximum Gasteiger partial charge on any atom is 0.222 e. The zero-order chi connectivity index (χ0) is 17.1. The number of amides is 1. The molecular weight excluding hydrogens is 339 g/mol. The number of carbonyl (C=O) groups is 1. The van der Waals surface area contributed by atoms with Gasteiger partial charge in [-0.25, -0.2) is 0 Å². The number of hydrogen-bond donors (Lipinski definition) is 3. The summed E-state index contributed by atoms with van der Waals surface area (Å²) in [5.41, 5.74) is 0. The van der Waals surface area contributed by atoms with E-state index in [-0.39, 0.29) is 30.5 Å². The maximum absolute atomic E-state index is 11.3. The van der Waals surface area contributed by atoms with Gasteiger partial charge >= 0.3 is 0 Å². The number of quaternary nitrogens is 2. The van der Waals surface area contributed by atoms with Gasteiger partial charge in [0.05, 0.1) is 5.92 Å². The van der Waals surface area contributed by atoms with Crippen LogP contribution < -0.4 is 27.4 Å². The molecule has 142 valence electrons. The normalized spacial score (nSPS) is 21.8. The van der Waals surface area contributed by atoms with Gasteiger partial charge in [0, 0.05) is 24.3 Å². The second-order valence-corrected chi connectivity index (χ2v) is 7.66. The van der Waals surface area contributed by atoms with Gasteiger partial charge in [-0.2, -0.15) is 0 Å². The fourth-order valence-electron chi connectivity index (χ4n) is 2.87. The van der Waals surface area contributed by atoms with E-state index < -0.39 is 42.3 Å². The quantitative estimate of drug-likeness (QED) is 0.355. The van der Waals surface area contributed by atoms with E-state index in [1.165, 1.54) is 13.0 Å². The molecule has 9 N–H and O–H groups in total. The second kappa shape index (κ2) is 9.85. The molecule has 1 amide bonds. The monoisotopic (exact) mass is 368 g/mol. The van der Waals surface area contributed by atoms with Crippen molar-refractivity contribution in [1.29, 1.82) is 0 Å². The average Bonchev–Trinajstić information content (AvgIpc) is 2.34. The van der Waals surface area contributed by atoms with Gasteiger partial charge < -0.3 is 32.0 Å². The van der Waals surface area contributed by atoms with Crippen LogP contribution in [0.1, 0.15) is 40.0 Å². The Morgan fingerprint density at radius 2 is 1.96 bits per heavy atom. The Balaban J connectivity index is 0. The van der Waals surface area contributed by atoms with Gasteiger partial charge in [0.25, 0.3) is 0 Å². The molecule has 1 rings (SSSR count). The Labute approximate surface area is 141 Å². The van der Waals surface area contributed by atoms with Crippen molar-refractivity contribution in [2.75, 3.05) is 0 Å². The number of nitrogens with one attached hydrogen (secondary N) is 1. The molecule has 0 unspecified atom stereocenters. The minimum Gasteiger partial charge on any atom is -0.808 e. The maximum atomic E-state index is 11.3. The molecule has 0 saturated heterocycles. The fraction of sp³-hybridized carbons (Fsp3) is 0.769. The highest BCUT2D eigenvalue weighted by atomic mass is 31.2. The van der Waals surface area contributed by atoms with Gasteiger partial charge in [-0.3, -0.25) is 14.9 Å². The molecule has 0 bridgehead atoms. The van der Waals surface area contributed by atoms with Crippen LogP contribution >= 0.6 is 7.60 Å². The summed E-state index contributed by atoms with van der Waals surface area (Å²) in [6.45, 7) is 5.20. The molecular formula is C13H29N4O6P. The number of carbonyl (C=O) groups excluding carboxylic acids is 1. The van der Waals surface area contributed by atoms with Crippen LogP contribution in [0.5, 0.6) is 0 Å². The lowest BCUT2D eigenvalue weighted by Crippen LogP contribution is -2.48. The van der Waals surface area contributed by atoms with Crippen molar-refractivity contribution in [2.24, 2.45) is 11.8 Å². The van der Waals surface area contributed by atoms with Crippen LogP contribution in [0.4, 0.5) is 0 Å². The van der Waals surface area contributed by atoms with Crippen molar-refractivity contribution in [2.45, 2.75) is 52.1 Å². The lowest BCUT2D eigenvalue weighted by atomic mass is 9.80. The van der Waals surface area contributed by atoms with E-state index in [0.717, 1.165) is 0 Å². The van der Waals surface area contributed by atoms with Crippen molar-refractivity contribution < 1.29 is 24.1 Å². The van der Waals surface area contributed by atoms with Crippen LogP contribution in [0.15, 0.2) is 11.4 Å². The van der Waals surface area contributed by atoms with Gasteiger partial charge in [-0.1, -0.05) is 19.9 Å². The third-order valence-electron chi connectivity index (χ3n) is 3.79. The number of nitro groups is 1. The van der Waals surface area contributed by atoms with Crippen molar-refractivity contribution >= 4 is 13.5 Å². The second-order valence-electron chi connectivity index (χ2n) is 6.09. The molecule has 0 saturated carbocycles. The zero-order valence-electron chi connectivity index (χ0n) is 14.9. The van der Waals surface area contributed by atoms with E-state index in [4.69, 9.17) is 0 Å². The molecule has 11 heteroatoms. The predicted octanol–water partition coefficient (Wildman–Crippen LogP) is 1.14. The summed E-state index contributed by atoms with van der Waals surface area (Å²) in [7, 11) is -4.96. The first-order valence-corrected chi connectivity index (χ1v) is 8.68. The molecule has 0 aliphatic heterocycles. The van der Waals surface area contributed by atoms with Gasteiger partial charge in [-0.15, -0.1) is 0 Å². The lowest BCUT2D eigenvalue weighted by Gasteiger charge is -2.39. The number of hydrogen-bond acceptors (Lipinski definition) is 6. The minimum absolute atomic E-state index is 0. The van der Waals surface area contributed by atoms with Crippen LogP contribution in [0.3, 0.4) is 0 Å². The van der Waals surface area contributed by atoms with Crippen LogP contribution in [0, 0.1) is 22.0 Å². The van der Waals surface area contributed by atoms with Crippen molar-refractivity contribution in [3.8, 4) is 0 Å². The highest BCUT2D eigenvalue weighted by molar-refractivity contribution is 7.53. The Morgan fingerprint density at radius 3 is 2.33 bits per heavy atom. The predicted molar refractivity (Wildman–Crippen MR) is 88.2 cm³/mol. The molecule has 1 aliphatic carbocycles. The van der Waals surface area contributed by atoms with E-state index in [2.05, 4.69) is 5.32 Å². The molecule has 0 aromatic heterocycles. The highest BCUT2D eigenvalue weighted by Gasteiger charge is 2.40. The zero-order valence-corrected chi connectivity index (χ0v) is 15.7. The van der Waals surface area contributed by atoms with Gasteiger partial charge in [0.1, 0.15) is 0 Å². The van der Waals surface area contributed by atoms with E-state index in [9.17, 15) is 29.3 Å². The fourth-order valence-corrected chi connectivity index (χ4v) is 3.61. The van der Waals surface area contributed by atoms with Gasteiger partial charge in [-0.05, 0) is 31.7 Å². The topological polar surface area (TPSA) is 208 Å². The average molecular weight is 368 g/mol. The molecule has 3 atom stereocenters. The van der Waals surface area contributed by atoms with Crippen LogP contribution in [-0.4, -0.2) is 22.9 Å². The summed E-state index contributed by atoms with van der Waals surface area (Å²) in [5.74, 6) is -0.614. The Hall–Kier alpha value is -1.32. The van der Waals surface area contributed by atoms with Gasteiger partial charge in [0.2, 0.25) is 11.9 Å². The number of nitrogens with zero attached hydrogens (tertiary/aromatic N) is 1. The van der Waals surface area contributed by atoms with Crippen molar-refractivity contribution in [1.82, 2.24) is 17.6 Å². The molecule has 0 fully saturated rings. The third kappa shape index (κ3) is 7.06. The largest absolute Gasteiger partial charge is 0.808 e. The first kappa shape index (κ1) is 24.9. The molecule has 24 heavy (non-hydrogen) atoms. The lowest BCUT2D eigenvalue weighted by molar-refractivity contribution is -0.533. The number of rotatable bonds is 6. The SMILES string of the molecule is CC(=O)N[C@@H](CC(C)C)[C@H]1CC=C(P(=O)([O-])[O-])C[C@H]1[N+](=O)[O-].[NH4+].[NH4+]. The summed E-state index contributed by atoms with van der Waals surface area (Å²) in [6.07, 6.45) is 1.49. The third-order valence-corrected chi connectivity index (χ3v) is 4.86. The Morgan fingerprint density at radius 1 is 1.42 bits per heavy atom. The first-order valence-electron chi connectivity index (χ1n) is 7.14. The number of allylic oxidation sites excluding steroid dienone is 1. The van der Waals surface area contributed by atoms with E-state index in [1.54, 1.807) is 0 Å². The summed E-state index contributed by atoms with van der Waals surface area (Å²) in [5, 5.41) is 13.6. The van der Waals surface area contributed by atoms with E-state index in [0.29, 0.717) is 6.42 Å². The summed E-state index contributed by atoms with van der Waals surface area (Å²) in [4.78, 5) is 44.3. The Kier molecular flexibility index (Phi) is 10.2. The first-order chi connectivity index (χ1) is 10.0. The molecule has 10 nitrogen and oxygen atoms in total. The Bertz CT molecular complexity index is 519. The van der Waals surface area contributed by atoms with Crippen molar-refractivity contribution in [3.05, 3.63) is 21.5 Å². The molecule has 1 aliphatic rings. The summed E-state index contributed by atoms with van der Waals surface area (Å²) < 4.78 is 11.1. The van der Waals surface area contributed by atoms with Crippen LogP contribution in [0.25, 0.3) is 0 Å². The van der Waals surface area contributed by atoms with E-state index >= 15 is 0 Å². The standard InChI is InChI=1S/C13H23N2O6P.2H3N/c1-8(2)6-12(14-9(3)16)11-5-4-10(22(19,20)21)7-13(11)15(17)18;;/h4,8,11-13H,5-7H2,1-3H3,(H,14,16)(H2,19,20,21);2*1H3/t11-,12+,13-;;/m1../s1.